The van der Waals surface area contributed by atoms with E-state index in [1.165, 1.54) is 0 Å². The van der Waals surface area contributed by atoms with Gasteiger partial charge in [0.1, 0.15) is 0 Å². The minimum atomic E-state index is -1.13. The summed E-state index contributed by atoms with van der Waals surface area (Å²) in [6, 6.07) is 2.77. The molecule has 0 rings (SSSR count). The molecule has 0 spiro atoms. The van der Waals surface area contributed by atoms with Crippen LogP contribution in [0.3, 0.4) is 0 Å². The van der Waals surface area contributed by atoms with Crippen LogP contribution in [0.5, 0.6) is 0 Å². The molecule has 0 saturated heterocycles. The SMILES string of the molecule is COP(CCCCOP(OCCC#N)N(C(C)C)C(C)C)OC. The molecule has 0 saturated carbocycles. The molecule has 0 aliphatic carbocycles. The van der Waals surface area contributed by atoms with Gasteiger partial charge in [-0.2, -0.15) is 5.26 Å². The second-order valence-corrected chi connectivity index (χ2v) is 8.81. The van der Waals surface area contributed by atoms with Crippen molar-refractivity contribution in [3.05, 3.63) is 0 Å². The highest BCUT2D eigenvalue weighted by molar-refractivity contribution is 7.47. The van der Waals surface area contributed by atoms with Crippen molar-refractivity contribution in [3.8, 4) is 6.07 Å². The summed E-state index contributed by atoms with van der Waals surface area (Å²) in [6.45, 7) is 9.60. The maximum Gasteiger partial charge on any atom is 0.259 e. The average Bonchev–Trinajstić information content (AvgIpc) is 2.50. The van der Waals surface area contributed by atoms with Crippen molar-refractivity contribution in [1.82, 2.24) is 4.67 Å². The third-order valence-corrected chi connectivity index (χ3v) is 6.61. The third kappa shape index (κ3) is 10.6. The summed E-state index contributed by atoms with van der Waals surface area (Å²) in [5.41, 5.74) is 0. The first-order valence-corrected chi connectivity index (χ1v) is 10.5. The molecule has 0 aliphatic rings. The van der Waals surface area contributed by atoms with Crippen molar-refractivity contribution in [2.45, 2.75) is 59.0 Å². The van der Waals surface area contributed by atoms with E-state index in [9.17, 15) is 0 Å². The molecule has 6 nitrogen and oxygen atoms in total. The van der Waals surface area contributed by atoms with Crippen molar-refractivity contribution in [1.29, 1.82) is 5.26 Å². The van der Waals surface area contributed by atoms with Crippen molar-refractivity contribution in [2.75, 3.05) is 33.6 Å². The predicted octanol–water partition coefficient (Wildman–Crippen LogP) is 4.66. The molecule has 1 unspecified atom stereocenters. The highest BCUT2D eigenvalue weighted by Crippen LogP contribution is 2.46. The van der Waals surface area contributed by atoms with E-state index in [1.54, 1.807) is 14.2 Å². The van der Waals surface area contributed by atoms with Gasteiger partial charge in [-0.25, -0.2) is 4.67 Å². The minimum absolute atomic E-state index is 0.331. The van der Waals surface area contributed by atoms with Crippen molar-refractivity contribution in [3.63, 3.8) is 0 Å². The summed E-state index contributed by atoms with van der Waals surface area (Å²) < 4.78 is 24.6. The monoisotopic (exact) mass is 366 g/mol. The molecule has 0 amide bonds. The van der Waals surface area contributed by atoms with Crippen LogP contribution >= 0.6 is 16.9 Å². The Kier molecular flexibility index (Phi) is 14.6. The lowest BCUT2D eigenvalue weighted by Gasteiger charge is -2.35. The first kappa shape index (κ1) is 23.1. The summed E-state index contributed by atoms with van der Waals surface area (Å²) in [5, 5.41) is 8.68. The Balaban J connectivity index is 4.33. The quantitative estimate of drug-likeness (QED) is 0.329. The van der Waals surface area contributed by atoms with E-state index in [0.29, 0.717) is 31.7 Å². The first-order chi connectivity index (χ1) is 11.0. The Bertz CT molecular complexity index is 315. The molecule has 0 fully saturated rings. The molecule has 23 heavy (non-hydrogen) atoms. The molecule has 0 bridgehead atoms. The molecule has 0 aromatic rings. The van der Waals surface area contributed by atoms with E-state index < -0.39 is 16.9 Å². The topological polar surface area (TPSA) is 64.0 Å². The van der Waals surface area contributed by atoms with Gasteiger partial charge in [0.15, 0.2) is 8.38 Å². The standard InChI is InChI=1S/C15H32N2O4P2/c1-14(2)17(15(3)4)23(21-12-9-10-16)20-11-7-8-13-22(18-5)19-6/h14-15H,7-9,11-13H2,1-6H3. The molecule has 0 aliphatic heterocycles. The fourth-order valence-corrected chi connectivity index (χ4v) is 4.68. The Hall–Kier alpha value is 0.150. The molecule has 8 heteroatoms. The van der Waals surface area contributed by atoms with Gasteiger partial charge in [-0.3, -0.25) is 0 Å². The molecule has 0 radical (unpaired) electrons. The van der Waals surface area contributed by atoms with E-state index in [2.05, 4.69) is 38.4 Å². The molecule has 0 heterocycles. The fraction of sp³-hybridized carbons (Fsp3) is 0.933. The Labute approximate surface area is 144 Å². The number of hydrogen-bond donors (Lipinski definition) is 0. The molecule has 136 valence electrons. The Morgan fingerprint density at radius 2 is 1.52 bits per heavy atom. The van der Waals surface area contributed by atoms with Gasteiger partial charge in [-0.05, 0) is 40.5 Å². The predicted molar refractivity (Wildman–Crippen MR) is 96.2 cm³/mol. The van der Waals surface area contributed by atoms with Gasteiger partial charge in [0, 0.05) is 32.5 Å². The average molecular weight is 366 g/mol. The van der Waals surface area contributed by atoms with Gasteiger partial charge in [0.25, 0.3) is 8.53 Å². The summed E-state index contributed by atoms with van der Waals surface area (Å²) in [4.78, 5) is 0. The van der Waals surface area contributed by atoms with Crippen LogP contribution < -0.4 is 0 Å². The zero-order valence-corrected chi connectivity index (χ0v) is 17.1. The van der Waals surface area contributed by atoms with Gasteiger partial charge >= 0.3 is 0 Å². The molecular weight excluding hydrogens is 334 g/mol. The normalized spacial score (nSPS) is 13.3. The van der Waals surface area contributed by atoms with E-state index in [4.69, 9.17) is 23.4 Å². The zero-order valence-electron chi connectivity index (χ0n) is 15.3. The first-order valence-electron chi connectivity index (χ1n) is 8.04. The summed E-state index contributed by atoms with van der Waals surface area (Å²) >= 11 is 0. The lowest BCUT2D eigenvalue weighted by molar-refractivity contribution is 0.175. The van der Waals surface area contributed by atoms with Gasteiger partial charge in [0.2, 0.25) is 0 Å². The fourth-order valence-electron chi connectivity index (χ4n) is 2.06. The van der Waals surface area contributed by atoms with E-state index >= 15 is 0 Å². The lowest BCUT2D eigenvalue weighted by atomic mass is 10.3. The minimum Gasteiger partial charge on any atom is -0.337 e. The number of hydrogen-bond acceptors (Lipinski definition) is 6. The van der Waals surface area contributed by atoms with Crippen LogP contribution in [0, 0.1) is 11.3 Å². The summed E-state index contributed by atoms with van der Waals surface area (Å²) in [7, 11) is 1.47. The van der Waals surface area contributed by atoms with E-state index in [1.807, 2.05) is 0 Å². The smallest absolute Gasteiger partial charge is 0.259 e. The van der Waals surface area contributed by atoms with E-state index in [0.717, 1.165) is 19.0 Å². The largest absolute Gasteiger partial charge is 0.337 e. The van der Waals surface area contributed by atoms with Crippen LogP contribution in [-0.4, -0.2) is 50.3 Å². The van der Waals surface area contributed by atoms with Crippen LogP contribution in [0.2, 0.25) is 0 Å². The van der Waals surface area contributed by atoms with Gasteiger partial charge < -0.3 is 18.1 Å². The van der Waals surface area contributed by atoms with Crippen LogP contribution in [-0.2, 0) is 18.1 Å². The number of nitrogens with zero attached hydrogens (tertiary/aromatic N) is 2. The van der Waals surface area contributed by atoms with Gasteiger partial charge in [-0.15, -0.1) is 0 Å². The van der Waals surface area contributed by atoms with Crippen LogP contribution in [0.15, 0.2) is 0 Å². The second kappa shape index (κ2) is 14.5. The van der Waals surface area contributed by atoms with E-state index in [-0.39, 0.29) is 0 Å². The molecule has 0 aromatic carbocycles. The molecule has 0 N–H and O–H groups in total. The third-order valence-electron chi connectivity index (χ3n) is 3.01. The van der Waals surface area contributed by atoms with Crippen LogP contribution in [0.4, 0.5) is 0 Å². The number of rotatable bonds is 14. The highest BCUT2D eigenvalue weighted by Gasteiger charge is 2.26. The van der Waals surface area contributed by atoms with Crippen LogP contribution in [0.25, 0.3) is 0 Å². The Morgan fingerprint density at radius 3 is 2.00 bits per heavy atom. The Morgan fingerprint density at radius 1 is 0.957 bits per heavy atom. The summed E-state index contributed by atoms with van der Waals surface area (Å²) in [6.07, 6.45) is 3.24. The zero-order chi connectivity index (χ0) is 17.7. The lowest BCUT2D eigenvalue weighted by Crippen LogP contribution is -2.33. The van der Waals surface area contributed by atoms with Crippen LogP contribution in [0.1, 0.15) is 47.0 Å². The highest BCUT2D eigenvalue weighted by atomic mass is 31.2. The van der Waals surface area contributed by atoms with Gasteiger partial charge in [0.05, 0.1) is 25.7 Å². The summed E-state index contributed by atoms with van der Waals surface area (Å²) in [5.74, 6) is 0. The number of unbranched alkanes of at least 4 members (excludes halogenated alkanes) is 1. The van der Waals surface area contributed by atoms with Crippen molar-refractivity contribution >= 4 is 16.9 Å². The molecular formula is C15H32N2O4P2. The van der Waals surface area contributed by atoms with Gasteiger partial charge in [-0.1, -0.05) is 0 Å². The molecule has 0 aromatic heterocycles. The molecule has 1 atom stereocenters. The maximum atomic E-state index is 8.68. The number of nitriles is 1. The second-order valence-electron chi connectivity index (χ2n) is 5.51. The maximum absolute atomic E-state index is 8.68. The van der Waals surface area contributed by atoms with Crippen molar-refractivity contribution in [2.24, 2.45) is 0 Å². The van der Waals surface area contributed by atoms with Crippen molar-refractivity contribution < 1.29 is 18.1 Å².